The molecule has 6 nitrogen and oxygen atoms in total. The molecular weight excluding hydrogens is 212 g/mol. The van der Waals surface area contributed by atoms with Crippen LogP contribution < -0.4 is 0 Å². The van der Waals surface area contributed by atoms with Crippen LogP contribution in [0.5, 0.6) is 0 Å². The maximum atomic E-state index is 8.54. The van der Waals surface area contributed by atoms with Crippen molar-refractivity contribution in [2.45, 2.75) is 13.2 Å². The first kappa shape index (κ1) is 13.0. The normalized spacial score (nSPS) is 10.6. The van der Waals surface area contributed by atoms with E-state index in [1.807, 2.05) is 0 Å². The zero-order valence-corrected chi connectivity index (χ0v) is 9.00. The second kappa shape index (κ2) is 8.12. The van der Waals surface area contributed by atoms with Gasteiger partial charge < -0.3 is 19.7 Å². The second-order valence-electron chi connectivity index (χ2n) is 3.05. The minimum absolute atomic E-state index is 0.00721. The van der Waals surface area contributed by atoms with Gasteiger partial charge in [0.15, 0.2) is 0 Å². The van der Waals surface area contributed by atoms with Gasteiger partial charge in [0.2, 0.25) is 0 Å². The van der Waals surface area contributed by atoms with E-state index in [1.165, 1.54) is 0 Å². The number of hydrogen-bond donors (Lipinski definition) is 2. The van der Waals surface area contributed by atoms with E-state index < -0.39 is 0 Å². The van der Waals surface area contributed by atoms with E-state index in [0.29, 0.717) is 24.6 Å². The highest BCUT2D eigenvalue weighted by Gasteiger charge is 1.99. The van der Waals surface area contributed by atoms with Crippen molar-refractivity contribution in [1.82, 2.24) is 9.97 Å². The SMILES string of the molecule is OCCOCc1cncc(COCCO)n1. The predicted molar refractivity (Wildman–Crippen MR) is 55.5 cm³/mol. The number of hydrogen-bond acceptors (Lipinski definition) is 6. The van der Waals surface area contributed by atoms with Crippen molar-refractivity contribution >= 4 is 0 Å². The van der Waals surface area contributed by atoms with Crippen LogP contribution in [0.15, 0.2) is 12.4 Å². The summed E-state index contributed by atoms with van der Waals surface area (Å²) in [6.07, 6.45) is 3.21. The summed E-state index contributed by atoms with van der Waals surface area (Å²) in [7, 11) is 0. The zero-order valence-electron chi connectivity index (χ0n) is 9.00. The third-order valence-corrected chi connectivity index (χ3v) is 1.71. The number of aliphatic hydroxyl groups excluding tert-OH is 2. The average Bonchev–Trinajstić information content (AvgIpc) is 2.30. The Morgan fingerprint density at radius 1 is 0.938 bits per heavy atom. The van der Waals surface area contributed by atoms with Crippen LogP contribution in [-0.4, -0.2) is 46.6 Å². The van der Waals surface area contributed by atoms with Crippen LogP contribution in [0.1, 0.15) is 11.4 Å². The molecule has 6 heteroatoms. The van der Waals surface area contributed by atoms with Gasteiger partial charge in [0.05, 0.1) is 63.4 Å². The van der Waals surface area contributed by atoms with Crippen molar-refractivity contribution in [1.29, 1.82) is 0 Å². The molecule has 1 aromatic heterocycles. The lowest BCUT2D eigenvalue weighted by molar-refractivity contribution is 0.0746. The molecule has 0 aliphatic rings. The molecule has 0 spiro atoms. The third-order valence-electron chi connectivity index (χ3n) is 1.71. The van der Waals surface area contributed by atoms with E-state index in [2.05, 4.69) is 9.97 Å². The quantitative estimate of drug-likeness (QED) is 0.583. The largest absolute Gasteiger partial charge is 0.394 e. The minimum Gasteiger partial charge on any atom is -0.394 e. The molecule has 0 unspecified atom stereocenters. The molecule has 16 heavy (non-hydrogen) atoms. The second-order valence-corrected chi connectivity index (χ2v) is 3.05. The van der Waals surface area contributed by atoms with E-state index in [9.17, 15) is 0 Å². The first-order valence-corrected chi connectivity index (χ1v) is 5.04. The third kappa shape index (κ3) is 5.13. The number of rotatable bonds is 8. The van der Waals surface area contributed by atoms with Gasteiger partial charge in [0.1, 0.15) is 0 Å². The molecule has 90 valence electrons. The smallest absolute Gasteiger partial charge is 0.0904 e. The highest BCUT2D eigenvalue weighted by atomic mass is 16.5. The molecule has 0 saturated carbocycles. The first-order chi connectivity index (χ1) is 7.86. The molecule has 2 N–H and O–H groups in total. The van der Waals surface area contributed by atoms with Crippen LogP contribution in [0.2, 0.25) is 0 Å². The van der Waals surface area contributed by atoms with Crippen molar-refractivity contribution in [3.63, 3.8) is 0 Å². The van der Waals surface area contributed by atoms with Crippen LogP contribution in [0.25, 0.3) is 0 Å². The number of aromatic nitrogens is 2. The van der Waals surface area contributed by atoms with Crippen LogP contribution in [-0.2, 0) is 22.7 Å². The van der Waals surface area contributed by atoms with Crippen molar-refractivity contribution in [2.24, 2.45) is 0 Å². The summed E-state index contributed by atoms with van der Waals surface area (Å²) < 4.78 is 10.2. The highest BCUT2D eigenvalue weighted by molar-refractivity contribution is 5.01. The molecule has 1 heterocycles. The molecule has 1 aromatic rings. The molecule has 0 aliphatic heterocycles. The van der Waals surface area contributed by atoms with Gasteiger partial charge in [-0.05, 0) is 0 Å². The van der Waals surface area contributed by atoms with E-state index in [1.54, 1.807) is 12.4 Å². The van der Waals surface area contributed by atoms with E-state index in [0.717, 1.165) is 0 Å². The zero-order chi connectivity index (χ0) is 11.6. The fraction of sp³-hybridized carbons (Fsp3) is 0.600. The standard InChI is InChI=1S/C10H16N2O4/c13-1-3-15-7-9-5-11-6-10(12-9)8-16-4-2-14/h5-6,13-14H,1-4,7-8H2. The van der Waals surface area contributed by atoms with Crippen LogP contribution in [0.4, 0.5) is 0 Å². The molecular formula is C10H16N2O4. The van der Waals surface area contributed by atoms with Crippen molar-refractivity contribution < 1.29 is 19.7 Å². The van der Waals surface area contributed by atoms with Crippen LogP contribution in [0, 0.1) is 0 Å². The maximum absolute atomic E-state index is 8.54. The van der Waals surface area contributed by atoms with Gasteiger partial charge in [-0.15, -0.1) is 0 Å². The van der Waals surface area contributed by atoms with Crippen molar-refractivity contribution in [3.8, 4) is 0 Å². The molecule has 0 radical (unpaired) electrons. The monoisotopic (exact) mass is 228 g/mol. The Labute approximate surface area is 93.9 Å². The molecule has 0 bridgehead atoms. The summed E-state index contributed by atoms with van der Waals surface area (Å²) in [5.74, 6) is 0. The molecule has 0 saturated heterocycles. The molecule has 0 fully saturated rings. The van der Waals surface area contributed by atoms with Crippen LogP contribution >= 0.6 is 0 Å². The number of aliphatic hydroxyl groups is 2. The van der Waals surface area contributed by atoms with Crippen LogP contribution in [0.3, 0.4) is 0 Å². The summed E-state index contributed by atoms with van der Waals surface area (Å²) in [5.41, 5.74) is 1.39. The average molecular weight is 228 g/mol. The Kier molecular flexibility index (Phi) is 6.59. The molecule has 0 atom stereocenters. The van der Waals surface area contributed by atoms with Gasteiger partial charge in [-0.1, -0.05) is 0 Å². The lowest BCUT2D eigenvalue weighted by atomic mass is 10.4. The Hall–Kier alpha value is -1.08. The lowest BCUT2D eigenvalue weighted by Crippen LogP contribution is -2.05. The Morgan fingerprint density at radius 3 is 1.88 bits per heavy atom. The molecule has 1 rings (SSSR count). The van der Waals surface area contributed by atoms with E-state index in [-0.39, 0.29) is 26.4 Å². The van der Waals surface area contributed by atoms with Gasteiger partial charge in [0.25, 0.3) is 0 Å². The lowest BCUT2D eigenvalue weighted by Gasteiger charge is -2.04. The van der Waals surface area contributed by atoms with E-state index >= 15 is 0 Å². The number of nitrogens with zero attached hydrogens (tertiary/aromatic N) is 2. The van der Waals surface area contributed by atoms with Crippen molar-refractivity contribution in [3.05, 3.63) is 23.8 Å². The summed E-state index contributed by atoms with van der Waals surface area (Å²) in [5, 5.41) is 17.1. The fourth-order valence-electron chi connectivity index (χ4n) is 1.07. The number of ether oxygens (including phenoxy) is 2. The van der Waals surface area contributed by atoms with Crippen molar-refractivity contribution in [2.75, 3.05) is 26.4 Å². The Bertz CT molecular complexity index is 271. The van der Waals surface area contributed by atoms with Gasteiger partial charge in [0, 0.05) is 0 Å². The first-order valence-electron chi connectivity index (χ1n) is 5.04. The Morgan fingerprint density at radius 2 is 1.44 bits per heavy atom. The molecule has 0 aliphatic carbocycles. The Balaban J connectivity index is 2.37. The summed E-state index contributed by atoms with van der Waals surface area (Å²) in [6.45, 7) is 1.20. The summed E-state index contributed by atoms with van der Waals surface area (Å²) in [6, 6.07) is 0. The van der Waals surface area contributed by atoms with Gasteiger partial charge >= 0.3 is 0 Å². The van der Waals surface area contributed by atoms with E-state index in [4.69, 9.17) is 19.7 Å². The fourth-order valence-corrected chi connectivity index (χ4v) is 1.07. The highest BCUT2D eigenvalue weighted by Crippen LogP contribution is 2.00. The minimum atomic E-state index is -0.00721. The van der Waals surface area contributed by atoms with Gasteiger partial charge in [-0.2, -0.15) is 0 Å². The summed E-state index contributed by atoms with van der Waals surface area (Å²) >= 11 is 0. The maximum Gasteiger partial charge on any atom is 0.0904 e. The molecule has 0 amide bonds. The predicted octanol–water partition coefficient (Wildman–Crippen LogP) is -0.506. The summed E-state index contributed by atoms with van der Waals surface area (Å²) in [4.78, 5) is 8.24. The van der Waals surface area contributed by atoms with Gasteiger partial charge in [-0.25, -0.2) is 4.98 Å². The molecule has 0 aromatic carbocycles. The van der Waals surface area contributed by atoms with Gasteiger partial charge in [-0.3, -0.25) is 4.98 Å². The topological polar surface area (TPSA) is 84.7 Å².